The van der Waals surface area contributed by atoms with Gasteiger partial charge in [-0.05, 0) is 18.4 Å². The second-order valence-electron chi connectivity index (χ2n) is 6.40. The van der Waals surface area contributed by atoms with Crippen LogP contribution in [0.1, 0.15) is 32.8 Å². The van der Waals surface area contributed by atoms with E-state index in [1.165, 1.54) is 14.0 Å². The summed E-state index contributed by atoms with van der Waals surface area (Å²) in [5.74, 6) is -0.579. The summed E-state index contributed by atoms with van der Waals surface area (Å²) in [4.78, 5) is 16.5. The number of rotatable bonds is 8. The molecule has 1 rings (SSSR count). The molecule has 132 valence electrons. The molecule has 0 radical (unpaired) electrons. The molecule has 1 unspecified atom stereocenters. The standard InChI is InChI=1S/C19H27NO4/c1-13(2)16(21)11-19(4,23)17(22)14(3)18(20-5)24-12-15-9-7-6-8-10-15/h6-10,13,16,21,23H,3,11-12H2,1-2,4-5H3/b20-18+/t16-,19?/m0/s1. The first-order valence-electron chi connectivity index (χ1n) is 7.97. The smallest absolute Gasteiger partial charge is 0.219 e. The minimum Gasteiger partial charge on any atom is -0.473 e. The largest absolute Gasteiger partial charge is 0.473 e. The number of ether oxygens (including phenoxy) is 1. The first-order valence-corrected chi connectivity index (χ1v) is 7.97. The highest BCUT2D eigenvalue weighted by atomic mass is 16.5. The first kappa shape index (κ1) is 20.1. The van der Waals surface area contributed by atoms with Gasteiger partial charge < -0.3 is 14.9 Å². The Morgan fingerprint density at radius 2 is 1.92 bits per heavy atom. The number of carbonyl (C=O) groups excluding carboxylic acids is 1. The molecule has 0 bridgehead atoms. The van der Waals surface area contributed by atoms with Gasteiger partial charge in [0.1, 0.15) is 12.2 Å². The summed E-state index contributed by atoms with van der Waals surface area (Å²) in [5.41, 5.74) is -0.803. The van der Waals surface area contributed by atoms with Gasteiger partial charge in [-0.3, -0.25) is 9.79 Å². The topological polar surface area (TPSA) is 79.1 Å². The van der Waals surface area contributed by atoms with Crippen LogP contribution in [0, 0.1) is 5.92 Å². The molecule has 0 saturated carbocycles. The van der Waals surface area contributed by atoms with Gasteiger partial charge in [-0.2, -0.15) is 0 Å². The number of carbonyl (C=O) groups is 1. The van der Waals surface area contributed by atoms with Crippen LogP contribution in [0.3, 0.4) is 0 Å². The number of aliphatic hydroxyl groups excluding tert-OH is 1. The lowest BCUT2D eigenvalue weighted by Crippen LogP contribution is -2.42. The van der Waals surface area contributed by atoms with E-state index in [0.29, 0.717) is 0 Å². The van der Waals surface area contributed by atoms with Gasteiger partial charge in [0, 0.05) is 13.5 Å². The van der Waals surface area contributed by atoms with Crippen LogP contribution in [-0.2, 0) is 16.1 Å². The maximum atomic E-state index is 12.5. The fourth-order valence-electron chi connectivity index (χ4n) is 2.17. The maximum absolute atomic E-state index is 12.5. The Morgan fingerprint density at radius 1 is 1.33 bits per heavy atom. The van der Waals surface area contributed by atoms with E-state index < -0.39 is 17.5 Å². The van der Waals surface area contributed by atoms with Gasteiger partial charge in [-0.15, -0.1) is 0 Å². The summed E-state index contributed by atoms with van der Waals surface area (Å²) >= 11 is 0. The molecule has 0 fully saturated rings. The molecule has 0 amide bonds. The Kier molecular flexibility index (Phi) is 7.32. The van der Waals surface area contributed by atoms with Crippen LogP contribution < -0.4 is 0 Å². The second-order valence-corrected chi connectivity index (χ2v) is 6.40. The number of Topliss-reactive ketones (excluding diaryl/α,β-unsaturated/α-hetero) is 1. The van der Waals surface area contributed by atoms with Gasteiger partial charge in [-0.25, -0.2) is 0 Å². The van der Waals surface area contributed by atoms with Crippen molar-refractivity contribution in [3.63, 3.8) is 0 Å². The molecule has 0 aliphatic carbocycles. The van der Waals surface area contributed by atoms with Gasteiger partial charge in [0.25, 0.3) is 0 Å². The molecule has 24 heavy (non-hydrogen) atoms. The van der Waals surface area contributed by atoms with Crippen molar-refractivity contribution in [2.75, 3.05) is 7.05 Å². The molecule has 5 heteroatoms. The van der Waals surface area contributed by atoms with Crippen molar-refractivity contribution in [3.05, 3.63) is 48.0 Å². The van der Waals surface area contributed by atoms with Crippen LogP contribution in [0.5, 0.6) is 0 Å². The average Bonchev–Trinajstić information content (AvgIpc) is 2.54. The van der Waals surface area contributed by atoms with Crippen molar-refractivity contribution in [1.29, 1.82) is 0 Å². The van der Waals surface area contributed by atoms with E-state index in [-0.39, 0.29) is 30.4 Å². The van der Waals surface area contributed by atoms with Crippen molar-refractivity contribution in [1.82, 2.24) is 0 Å². The average molecular weight is 333 g/mol. The molecule has 0 heterocycles. The minimum atomic E-state index is -1.73. The fourth-order valence-corrected chi connectivity index (χ4v) is 2.17. The highest BCUT2D eigenvalue weighted by molar-refractivity contribution is 6.21. The molecule has 0 aliphatic rings. The lowest BCUT2D eigenvalue weighted by atomic mass is 9.86. The second kappa shape index (κ2) is 8.76. The summed E-state index contributed by atoms with van der Waals surface area (Å²) in [7, 11) is 1.50. The van der Waals surface area contributed by atoms with E-state index >= 15 is 0 Å². The van der Waals surface area contributed by atoms with Crippen molar-refractivity contribution >= 4 is 11.7 Å². The zero-order valence-corrected chi connectivity index (χ0v) is 14.8. The zero-order chi connectivity index (χ0) is 18.3. The van der Waals surface area contributed by atoms with Crippen molar-refractivity contribution < 1.29 is 19.7 Å². The summed E-state index contributed by atoms with van der Waals surface area (Å²) in [6, 6.07) is 9.47. The number of hydrogen-bond acceptors (Lipinski definition) is 5. The Bertz CT molecular complexity index is 591. The molecule has 0 saturated heterocycles. The molecule has 1 aromatic carbocycles. The third kappa shape index (κ3) is 5.58. The molecule has 0 spiro atoms. The van der Waals surface area contributed by atoms with Crippen LogP contribution in [0.2, 0.25) is 0 Å². The monoisotopic (exact) mass is 333 g/mol. The van der Waals surface area contributed by atoms with E-state index in [0.717, 1.165) is 5.56 Å². The first-order chi connectivity index (χ1) is 11.2. The highest BCUT2D eigenvalue weighted by Crippen LogP contribution is 2.22. The Hall–Kier alpha value is -1.98. The number of hydrogen-bond donors (Lipinski definition) is 2. The Morgan fingerprint density at radius 3 is 2.42 bits per heavy atom. The number of aliphatic imine (C=N–C) groups is 1. The van der Waals surface area contributed by atoms with Crippen molar-refractivity contribution in [2.24, 2.45) is 10.9 Å². The fraction of sp³-hybridized carbons (Fsp3) is 0.474. The van der Waals surface area contributed by atoms with E-state index in [2.05, 4.69) is 11.6 Å². The molecule has 2 N–H and O–H groups in total. The number of nitrogens with zero attached hydrogens (tertiary/aromatic N) is 1. The van der Waals surface area contributed by atoms with Gasteiger partial charge in [0.2, 0.25) is 5.90 Å². The predicted octanol–water partition coefficient (Wildman–Crippen LogP) is 2.51. The molecule has 0 aliphatic heterocycles. The van der Waals surface area contributed by atoms with Crippen LogP contribution in [0.25, 0.3) is 0 Å². The Balaban J connectivity index is 2.75. The lowest BCUT2D eigenvalue weighted by Gasteiger charge is -2.27. The molecule has 2 atom stereocenters. The summed E-state index contributed by atoms with van der Waals surface area (Å²) in [6.07, 6.45) is -0.859. The van der Waals surface area contributed by atoms with Gasteiger partial charge in [0.05, 0.1) is 11.7 Å². The van der Waals surface area contributed by atoms with Crippen LogP contribution >= 0.6 is 0 Å². The molecule has 1 aromatic rings. The van der Waals surface area contributed by atoms with Gasteiger partial charge in [-0.1, -0.05) is 50.8 Å². The molecular formula is C19H27NO4. The van der Waals surface area contributed by atoms with E-state index in [4.69, 9.17) is 4.74 Å². The summed E-state index contributed by atoms with van der Waals surface area (Å²) < 4.78 is 5.56. The van der Waals surface area contributed by atoms with Crippen molar-refractivity contribution in [3.8, 4) is 0 Å². The van der Waals surface area contributed by atoms with E-state index in [1.807, 2.05) is 44.2 Å². The Labute approximate surface area is 143 Å². The van der Waals surface area contributed by atoms with Gasteiger partial charge >= 0.3 is 0 Å². The predicted molar refractivity (Wildman–Crippen MR) is 94.8 cm³/mol. The van der Waals surface area contributed by atoms with Crippen molar-refractivity contribution in [2.45, 2.75) is 45.5 Å². The van der Waals surface area contributed by atoms with E-state index in [1.54, 1.807) is 0 Å². The lowest BCUT2D eigenvalue weighted by molar-refractivity contribution is -0.134. The normalized spacial score (nSPS) is 15.7. The SMILES string of the molecule is C=C(C(=O)C(C)(O)C[C@H](O)C(C)C)/C(=N\C)OCc1ccccc1. The third-order valence-electron chi connectivity index (χ3n) is 3.82. The third-order valence-corrected chi connectivity index (χ3v) is 3.82. The maximum Gasteiger partial charge on any atom is 0.219 e. The summed E-state index contributed by atoms with van der Waals surface area (Å²) in [6.45, 7) is 8.97. The number of aliphatic hydroxyl groups is 2. The van der Waals surface area contributed by atoms with Crippen LogP contribution in [0.4, 0.5) is 0 Å². The van der Waals surface area contributed by atoms with Gasteiger partial charge in [0.15, 0.2) is 5.78 Å². The van der Waals surface area contributed by atoms with Crippen LogP contribution in [0.15, 0.2) is 47.5 Å². The molecule has 0 aromatic heterocycles. The zero-order valence-electron chi connectivity index (χ0n) is 14.8. The highest BCUT2D eigenvalue weighted by Gasteiger charge is 2.36. The van der Waals surface area contributed by atoms with E-state index in [9.17, 15) is 15.0 Å². The summed E-state index contributed by atoms with van der Waals surface area (Å²) in [5, 5.41) is 20.4. The number of ketones is 1. The van der Waals surface area contributed by atoms with Crippen LogP contribution in [-0.4, -0.2) is 40.6 Å². The molecular weight excluding hydrogens is 306 g/mol. The minimum absolute atomic E-state index is 0.00520. The number of benzene rings is 1. The molecule has 5 nitrogen and oxygen atoms in total. The quantitative estimate of drug-likeness (QED) is 0.435.